The Labute approximate surface area is 186 Å². The number of carbonyl (C=O) groups is 1. The molecule has 8 nitrogen and oxygen atoms in total. The van der Waals surface area contributed by atoms with Crippen molar-refractivity contribution in [3.63, 3.8) is 0 Å². The van der Waals surface area contributed by atoms with Gasteiger partial charge in [-0.15, -0.1) is 5.10 Å². The summed E-state index contributed by atoms with van der Waals surface area (Å²) in [6, 6.07) is 15.2. The molecule has 0 bridgehead atoms. The lowest BCUT2D eigenvalue weighted by Gasteiger charge is -2.38. The third-order valence-corrected chi connectivity index (χ3v) is 6.03. The molecule has 1 fully saturated rings. The first-order valence-electron chi connectivity index (χ1n) is 11.0. The van der Waals surface area contributed by atoms with Gasteiger partial charge in [0.25, 0.3) is 5.56 Å². The first kappa shape index (κ1) is 22.0. The minimum atomic E-state index is -0.237. The number of nitrogens with one attached hydrogen (secondary N) is 1. The van der Waals surface area contributed by atoms with Crippen molar-refractivity contribution in [3.8, 4) is 5.75 Å². The molecule has 0 radical (unpaired) electrons. The van der Waals surface area contributed by atoms with Crippen molar-refractivity contribution in [1.82, 2.24) is 20.3 Å². The molecule has 1 saturated heterocycles. The van der Waals surface area contributed by atoms with Gasteiger partial charge >= 0.3 is 0 Å². The highest BCUT2D eigenvalue weighted by molar-refractivity contribution is 5.77. The first-order chi connectivity index (χ1) is 15.6. The predicted octanol–water partition coefficient (Wildman–Crippen LogP) is 2.44. The lowest BCUT2D eigenvalue weighted by Crippen LogP contribution is -2.44. The fourth-order valence-electron chi connectivity index (χ4n) is 4.13. The molecular weight excluding hydrogens is 408 g/mol. The van der Waals surface area contributed by atoms with E-state index in [-0.39, 0.29) is 29.8 Å². The van der Waals surface area contributed by atoms with E-state index in [0.717, 1.165) is 18.6 Å². The molecule has 2 heterocycles. The van der Waals surface area contributed by atoms with Crippen LogP contribution in [0, 0.1) is 0 Å². The number of ether oxygens (including phenoxy) is 2. The molecule has 0 aliphatic carbocycles. The second-order valence-corrected chi connectivity index (χ2v) is 8.01. The first-order valence-corrected chi connectivity index (χ1v) is 11.0. The van der Waals surface area contributed by atoms with Crippen molar-refractivity contribution < 1.29 is 14.3 Å². The fourth-order valence-corrected chi connectivity index (χ4v) is 4.13. The van der Waals surface area contributed by atoms with Gasteiger partial charge in [0.05, 0.1) is 18.5 Å². The van der Waals surface area contributed by atoms with E-state index in [0.29, 0.717) is 37.3 Å². The smallest absolute Gasteiger partial charge is 0.277 e. The van der Waals surface area contributed by atoms with Gasteiger partial charge in [0.15, 0.2) is 0 Å². The summed E-state index contributed by atoms with van der Waals surface area (Å²) in [5.74, 6) is 0.716. The predicted molar refractivity (Wildman–Crippen MR) is 121 cm³/mol. The Bertz CT molecular complexity index is 1120. The number of rotatable bonds is 8. The van der Waals surface area contributed by atoms with Crippen molar-refractivity contribution in [2.24, 2.45) is 0 Å². The van der Waals surface area contributed by atoms with Gasteiger partial charge in [0.1, 0.15) is 11.3 Å². The molecule has 1 aliphatic rings. The molecule has 0 unspecified atom stereocenters. The molecular formula is C24H28N4O4. The van der Waals surface area contributed by atoms with E-state index in [9.17, 15) is 9.59 Å². The quantitative estimate of drug-likeness (QED) is 0.583. The average Bonchev–Trinajstić information content (AvgIpc) is 2.84. The maximum Gasteiger partial charge on any atom is 0.277 e. The summed E-state index contributed by atoms with van der Waals surface area (Å²) in [7, 11) is 0. The number of amides is 1. The number of carbonyl (C=O) groups excluding carboxylic acids is 1. The van der Waals surface area contributed by atoms with Gasteiger partial charge < -0.3 is 14.8 Å². The Morgan fingerprint density at radius 2 is 1.91 bits per heavy atom. The number of nitrogens with zero attached hydrogens (tertiary/aromatic N) is 3. The zero-order valence-electron chi connectivity index (χ0n) is 18.3. The highest BCUT2D eigenvalue weighted by atomic mass is 16.5. The normalized spacial score (nSPS) is 15.4. The molecule has 0 atom stereocenters. The van der Waals surface area contributed by atoms with Crippen LogP contribution in [0.3, 0.4) is 0 Å². The van der Waals surface area contributed by atoms with Crippen LogP contribution in [-0.4, -0.2) is 47.3 Å². The lowest BCUT2D eigenvalue weighted by atomic mass is 9.74. The lowest BCUT2D eigenvalue weighted by molar-refractivity contribution is -0.121. The Balaban J connectivity index is 1.40. The van der Waals surface area contributed by atoms with E-state index >= 15 is 0 Å². The van der Waals surface area contributed by atoms with Gasteiger partial charge in [0, 0.05) is 31.6 Å². The van der Waals surface area contributed by atoms with Gasteiger partial charge in [-0.25, -0.2) is 4.68 Å². The second-order valence-electron chi connectivity index (χ2n) is 8.01. The minimum absolute atomic E-state index is 0.122. The van der Waals surface area contributed by atoms with Crippen molar-refractivity contribution in [2.45, 2.75) is 38.1 Å². The summed E-state index contributed by atoms with van der Waals surface area (Å²) >= 11 is 0. The van der Waals surface area contributed by atoms with Crippen LogP contribution in [0.25, 0.3) is 10.9 Å². The number of aromatic nitrogens is 3. The van der Waals surface area contributed by atoms with Crippen molar-refractivity contribution in [2.75, 3.05) is 26.4 Å². The number of hydrogen-bond donors (Lipinski definition) is 1. The average molecular weight is 437 g/mol. The maximum atomic E-state index is 12.6. The summed E-state index contributed by atoms with van der Waals surface area (Å²) in [4.78, 5) is 25.2. The van der Waals surface area contributed by atoms with E-state index in [1.165, 1.54) is 10.2 Å². The molecule has 1 N–H and O–H groups in total. The van der Waals surface area contributed by atoms with Crippen LogP contribution >= 0.6 is 0 Å². The van der Waals surface area contributed by atoms with Crippen molar-refractivity contribution >= 4 is 16.8 Å². The molecule has 0 saturated carbocycles. The largest absolute Gasteiger partial charge is 0.494 e. The highest BCUT2D eigenvalue weighted by Gasteiger charge is 2.34. The molecule has 8 heteroatoms. The molecule has 32 heavy (non-hydrogen) atoms. The van der Waals surface area contributed by atoms with Crippen LogP contribution < -0.4 is 15.6 Å². The summed E-state index contributed by atoms with van der Waals surface area (Å²) in [5, 5.41) is 11.6. The summed E-state index contributed by atoms with van der Waals surface area (Å²) < 4.78 is 12.4. The van der Waals surface area contributed by atoms with Gasteiger partial charge in [-0.1, -0.05) is 29.5 Å². The number of aryl methyl sites for hydroxylation is 1. The minimum Gasteiger partial charge on any atom is -0.494 e. The van der Waals surface area contributed by atoms with E-state index in [4.69, 9.17) is 9.47 Å². The van der Waals surface area contributed by atoms with Gasteiger partial charge in [-0.3, -0.25) is 9.59 Å². The van der Waals surface area contributed by atoms with Crippen LogP contribution in [0.5, 0.6) is 5.75 Å². The number of benzene rings is 2. The Morgan fingerprint density at radius 3 is 2.66 bits per heavy atom. The SMILES string of the molecule is CCOc1ccc(C2(CNC(=O)CCn3nnc4ccccc4c3=O)CCOCC2)cc1. The molecule has 1 aromatic heterocycles. The van der Waals surface area contributed by atoms with Crippen molar-refractivity contribution in [3.05, 3.63) is 64.4 Å². The topological polar surface area (TPSA) is 95.3 Å². The number of hydrogen-bond acceptors (Lipinski definition) is 6. The maximum absolute atomic E-state index is 12.6. The Hall–Kier alpha value is -3.26. The van der Waals surface area contributed by atoms with Crippen molar-refractivity contribution in [1.29, 1.82) is 0 Å². The third kappa shape index (κ3) is 4.80. The van der Waals surface area contributed by atoms with Gasteiger partial charge in [0.2, 0.25) is 5.91 Å². The molecule has 1 aliphatic heterocycles. The van der Waals surface area contributed by atoms with Crippen LogP contribution in [0.2, 0.25) is 0 Å². The van der Waals surface area contributed by atoms with Gasteiger partial charge in [-0.2, -0.15) is 0 Å². The van der Waals surface area contributed by atoms with Crippen LogP contribution in [0.4, 0.5) is 0 Å². The van der Waals surface area contributed by atoms with E-state index in [1.54, 1.807) is 18.2 Å². The highest BCUT2D eigenvalue weighted by Crippen LogP contribution is 2.35. The number of fused-ring (bicyclic) bond motifs is 1. The van der Waals surface area contributed by atoms with Crippen LogP contribution in [0.15, 0.2) is 53.3 Å². The van der Waals surface area contributed by atoms with Gasteiger partial charge in [-0.05, 0) is 49.6 Å². The molecule has 2 aromatic carbocycles. The van der Waals surface area contributed by atoms with Crippen LogP contribution in [0.1, 0.15) is 31.7 Å². The summed E-state index contributed by atoms with van der Waals surface area (Å²) in [5.41, 5.74) is 1.30. The third-order valence-electron chi connectivity index (χ3n) is 6.03. The second kappa shape index (κ2) is 9.91. The van der Waals surface area contributed by atoms with E-state index in [2.05, 4.69) is 27.8 Å². The zero-order valence-corrected chi connectivity index (χ0v) is 18.3. The Morgan fingerprint density at radius 1 is 1.16 bits per heavy atom. The molecule has 3 aromatic rings. The molecule has 1 amide bonds. The van der Waals surface area contributed by atoms with E-state index in [1.807, 2.05) is 25.1 Å². The zero-order chi connectivity index (χ0) is 22.4. The molecule has 0 spiro atoms. The van der Waals surface area contributed by atoms with E-state index < -0.39 is 0 Å². The molecule has 4 rings (SSSR count). The fraction of sp³-hybridized carbons (Fsp3) is 0.417. The standard InChI is InChI=1S/C24H28N4O4/c1-2-32-19-9-7-18(8-10-19)24(12-15-31-16-13-24)17-25-22(29)11-14-28-23(30)20-5-3-4-6-21(20)26-27-28/h3-10H,2,11-17H2,1H3,(H,25,29). The summed E-state index contributed by atoms with van der Waals surface area (Å²) in [6.07, 6.45) is 1.82. The molecule has 168 valence electrons. The summed E-state index contributed by atoms with van der Waals surface area (Å²) in [6.45, 7) is 4.60. The van der Waals surface area contributed by atoms with Crippen LogP contribution in [-0.2, 0) is 21.5 Å². The monoisotopic (exact) mass is 436 g/mol. The Kier molecular flexibility index (Phi) is 6.80.